The van der Waals surface area contributed by atoms with Gasteiger partial charge in [0.15, 0.2) is 0 Å². The van der Waals surface area contributed by atoms with Crippen LogP contribution in [0.1, 0.15) is 36.7 Å². The van der Waals surface area contributed by atoms with Crippen molar-refractivity contribution in [3.05, 3.63) is 17.0 Å². The maximum absolute atomic E-state index is 11.9. The van der Waals surface area contributed by atoms with Crippen molar-refractivity contribution in [3.8, 4) is 0 Å². The first-order valence-electron chi connectivity index (χ1n) is 7.52. The molecule has 5 nitrogen and oxygen atoms in total. The van der Waals surface area contributed by atoms with Gasteiger partial charge in [-0.3, -0.25) is 14.4 Å². The summed E-state index contributed by atoms with van der Waals surface area (Å²) in [6.45, 7) is 10.8. The molecule has 2 heterocycles. The number of nitrogens with zero attached hydrogens (tertiary/aromatic N) is 4. The first kappa shape index (κ1) is 15.0. The number of rotatable bonds is 4. The topological polar surface area (TPSA) is 41.4 Å². The first-order valence-corrected chi connectivity index (χ1v) is 7.52. The second kappa shape index (κ2) is 6.39. The minimum Gasteiger partial charge on any atom is -0.340 e. The van der Waals surface area contributed by atoms with E-state index < -0.39 is 0 Å². The van der Waals surface area contributed by atoms with Gasteiger partial charge in [0.25, 0.3) is 0 Å². The van der Waals surface area contributed by atoms with Crippen molar-refractivity contribution in [2.45, 2.75) is 40.2 Å². The molecule has 1 amide bonds. The van der Waals surface area contributed by atoms with Crippen LogP contribution in [-0.4, -0.2) is 51.7 Å². The highest BCUT2D eigenvalue weighted by Crippen LogP contribution is 2.16. The molecule has 1 aromatic heterocycles. The molecule has 0 spiro atoms. The van der Waals surface area contributed by atoms with E-state index in [0.717, 1.165) is 44.8 Å². The lowest BCUT2D eigenvalue weighted by atomic mass is 10.1. The average Bonchev–Trinajstić information content (AvgIpc) is 2.66. The normalized spacial score (nSPS) is 16.7. The SMILES string of the molecule is CCCC(=O)N1CCN(Cc2c(C)nn(C)c2C)CC1. The Balaban J connectivity index is 1.90. The van der Waals surface area contributed by atoms with Crippen LogP contribution in [0.5, 0.6) is 0 Å². The average molecular weight is 278 g/mol. The third kappa shape index (κ3) is 3.20. The number of carbonyl (C=O) groups is 1. The third-order valence-electron chi connectivity index (χ3n) is 4.23. The second-order valence-electron chi connectivity index (χ2n) is 5.68. The van der Waals surface area contributed by atoms with E-state index in [1.807, 2.05) is 16.6 Å². The Hall–Kier alpha value is -1.36. The Morgan fingerprint density at radius 3 is 2.35 bits per heavy atom. The maximum atomic E-state index is 11.9. The van der Waals surface area contributed by atoms with E-state index in [-0.39, 0.29) is 0 Å². The van der Waals surface area contributed by atoms with Crippen LogP contribution >= 0.6 is 0 Å². The van der Waals surface area contributed by atoms with Crippen molar-refractivity contribution in [1.29, 1.82) is 0 Å². The number of hydrogen-bond donors (Lipinski definition) is 0. The molecular weight excluding hydrogens is 252 g/mol. The van der Waals surface area contributed by atoms with Gasteiger partial charge in [-0.25, -0.2) is 0 Å². The summed E-state index contributed by atoms with van der Waals surface area (Å²) in [5, 5.41) is 4.47. The van der Waals surface area contributed by atoms with E-state index in [2.05, 4.69) is 30.8 Å². The summed E-state index contributed by atoms with van der Waals surface area (Å²) in [5.74, 6) is 0.306. The van der Waals surface area contributed by atoms with Gasteiger partial charge in [0.05, 0.1) is 5.69 Å². The van der Waals surface area contributed by atoms with E-state index >= 15 is 0 Å². The van der Waals surface area contributed by atoms with Gasteiger partial charge in [0.2, 0.25) is 5.91 Å². The molecule has 20 heavy (non-hydrogen) atoms. The van der Waals surface area contributed by atoms with Crippen LogP contribution in [-0.2, 0) is 18.4 Å². The minimum absolute atomic E-state index is 0.306. The van der Waals surface area contributed by atoms with Crippen LogP contribution in [0.4, 0.5) is 0 Å². The largest absolute Gasteiger partial charge is 0.340 e. The fourth-order valence-corrected chi connectivity index (χ4v) is 2.80. The standard InChI is InChI=1S/C15H26N4O/c1-5-6-15(20)19-9-7-18(8-10-19)11-14-12(2)16-17(4)13(14)3/h5-11H2,1-4H3. The van der Waals surface area contributed by atoms with Crippen molar-refractivity contribution in [1.82, 2.24) is 19.6 Å². The number of carbonyl (C=O) groups excluding carboxylic acids is 1. The maximum Gasteiger partial charge on any atom is 0.222 e. The molecule has 1 aliphatic rings. The number of amides is 1. The lowest BCUT2D eigenvalue weighted by Crippen LogP contribution is -2.48. The van der Waals surface area contributed by atoms with Crippen LogP contribution in [0.2, 0.25) is 0 Å². The molecule has 1 aliphatic heterocycles. The molecule has 0 aromatic carbocycles. The zero-order valence-electron chi connectivity index (χ0n) is 13.1. The summed E-state index contributed by atoms with van der Waals surface area (Å²) in [7, 11) is 1.99. The molecular formula is C15H26N4O. The number of aromatic nitrogens is 2. The summed E-state index contributed by atoms with van der Waals surface area (Å²) in [6.07, 6.45) is 1.62. The predicted molar refractivity (Wildman–Crippen MR) is 79.4 cm³/mol. The summed E-state index contributed by atoms with van der Waals surface area (Å²) in [4.78, 5) is 16.3. The number of piperazine rings is 1. The number of hydrogen-bond acceptors (Lipinski definition) is 3. The van der Waals surface area contributed by atoms with Gasteiger partial charge in [-0.05, 0) is 20.3 Å². The Labute approximate surface area is 121 Å². The molecule has 0 bridgehead atoms. The fraction of sp³-hybridized carbons (Fsp3) is 0.733. The molecule has 0 atom stereocenters. The van der Waals surface area contributed by atoms with Gasteiger partial charge in [-0.15, -0.1) is 0 Å². The van der Waals surface area contributed by atoms with Gasteiger partial charge in [0, 0.05) is 57.4 Å². The highest BCUT2D eigenvalue weighted by molar-refractivity contribution is 5.76. The van der Waals surface area contributed by atoms with E-state index in [1.165, 1.54) is 11.3 Å². The van der Waals surface area contributed by atoms with Gasteiger partial charge in [-0.1, -0.05) is 6.92 Å². The van der Waals surface area contributed by atoms with Crippen molar-refractivity contribution in [2.75, 3.05) is 26.2 Å². The van der Waals surface area contributed by atoms with Crippen molar-refractivity contribution < 1.29 is 4.79 Å². The highest BCUT2D eigenvalue weighted by Gasteiger charge is 2.22. The molecule has 0 N–H and O–H groups in total. The molecule has 2 rings (SSSR count). The first-order chi connectivity index (χ1) is 9.52. The Kier molecular flexibility index (Phi) is 4.81. The molecule has 112 valence electrons. The van der Waals surface area contributed by atoms with Crippen LogP contribution in [0.15, 0.2) is 0 Å². The summed E-state index contributed by atoms with van der Waals surface area (Å²) >= 11 is 0. The second-order valence-corrected chi connectivity index (χ2v) is 5.68. The van der Waals surface area contributed by atoms with Gasteiger partial charge < -0.3 is 4.90 Å². The van der Waals surface area contributed by atoms with E-state index in [9.17, 15) is 4.79 Å². The van der Waals surface area contributed by atoms with Crippen molar-refractivity contribution in [3.63, 3.8) is 0 Å². The van der Waals surface area contributed by atoms with Gasteiger partial charge in [0.1, 0.15) is 0 Å². The smallest absolute Gasteiger partial charge is 0.222 e. The Morgan fingerprint density at radius 2 is 1.85 bits per heavy atom. The fourth-order valence-electron chi connectivity index (χ4n) is 2.80. The molecule has 0 unspecified atom stereocenters. The molecule has 0 radical (unpaired) electrons. The zero-order valence-corrected chi connectivity index (χ0v) is 13.1. The quantitative estimate of drug-likeness (QED) is 0.838. The molecule has 1 fully saturated rings. The molecule has 5 heteroatoms. The summed E-state index contributed by atoms with van der Waals surface area (Å²) < 4.78 is 1.95. The van der Waals surface area contributed by atoms with Crippen LogP contribution in [0.25, 0.3) is 0 Å². The summed E-state index contributed by atoms with van der Waals surface area (Å²) in [5.41, 5.74) is 3.70. The monoisotopic (exact) mass is 278 g/mol. The highest BCUT2D eigenvalue weighted by atomic mass is 16.2. The van der Waals surface area contributed by atoms with Crippen LogP contribution in [0.3, 0.4) is 0 Å². The van der Waals surface area contributed by atoms with Crippen LogP contribution in [0, 0.1) is 13.8 Å². The molecule has 1 aromatic rings. The van der Waals surface area contributed by atoms with E-state index in [1.54, 1.807) is 0 Å². The molecule has 1 saturated heterocycles. The molecule has 0 aliphatic carbocycles. The minimum atomic E-state index is 0.306. The third-order valence-corrected chi connectivity index (χ3v) is 4.23. The Morgan fingerprint density at radius 1 is 1.20 bits per heavy atom. The van der Waals surface area contributed by atoms with Crippen molar-refractivity contribution in [2.24, 2.45) is 7.05 Å². The van der Waals surface area contributed by atoms with E-state index in [0.29, 0.717) is 12.3 Å². The van der Waals surface area contributed by atoms with Crippen LogP contribution < -0.4 is 0 Å². The number of aryl methyl sites for hydroxylation is 2. The predicted octanol–water partition coefficient (Wildman–Crippen LogP) is 1.48. The molecule has 0 saturated carbocycles. The Bertz CT molecular complexity index is 472. The lowest BCUT2D eigenvalue weighted by molar-refractivity contribution is -0.133. The zero-order chi connectivity index (χ0) is 14.7. The summed E-state index contributed by atoms with van der Waals surface area (Å²) in [6, 6.07) is 0. The van der Waals surface area contributed by atoms with Gasteiger partial charge in [-0.2, -0.15) is 5.10 Å². The van der Waals surface area contributed by atoms with Gasteiger partial charge >= 0.3 is 0 Å². The lowest BCUT2D eigenvalue weighted by Gasteiger charge is -2.34. The van der Waals surface area contributed by atoms with Crippen molar-refractivity contribution >= 4 is 5.91 Å². The van der Waals surface area contributed by atoms with E-state index in [4.69, 9.17) is 0 Å².